The predicted octanol–water partition coefficient (Wildman–Crippen LogP) is 2.45. The van der Waals surface area contributed by atoms with Gasteiger partial charge < -0.3 is 14.3 Å². The topological polar surface area (TPSA) is 45.8 Å². The number of nitrogens with zero attached hydrogens (tertiary/aromatic N) is 1. The van der Waals surface area contributed by atoms with Crippen molar-refractivity contribution in [3.63, 3.8) is 0 Å². The fourth-order valence-electron chi connectivity index (χ4n) is 2.77. The van der Waals surface area contributed by atoms with Gasteiger partial charge in [-0.05, 0) is 37.7 Å². The van der Waals surface area contributed by atoms with Gasteiger partial charge in [-0.15, -0.1) is 0 Å². The smallest absolute Gasteiger partial charge is 0.134 e. The molecule has 1 aliphatic heterocycles. The predicted molar refractivity (Wildman–Crippen MR) is 81.0 cm³/mol. The normalized spacial score (nSPS) is 22.1. The van der Waals surface area contributed by atoms with Gasteiger partial charge in [0.1, 0.15) is 11.5 Å². The Morgan fingerprint density at radius 2 is 2.10 bits per heavy atom. The van der Waals surface area contributed by atoms with Crippen molar-refractivity contribution < 1.29 is 14.3 Å². The Morgan fingerprint density at radius 3 is 2.76 bits per heavy atom. The highest BCUT2D eigenvalue weighted by molar-refractivity contribution is 5.58. The molecular weight excluding hydrogens is 266 g/mol. The zero-order valence-corrected chi connectivity index (χ0v) is 12.5. The average Bonchev–Trinajstić information content (AvgIpc) is 3.08. The second-order valence-electron chi connectivity index (χ2n) is 5.70. The number of benzene rings is 1. The molecule has 4 nitrogen and oxygen atoms in total. The molecule has 1 fully saturated rings. The number of hydrogen-bond donors (Lipinski definition) is 1. The lowest BCUT2D eigenvalue weighted by molar-refractivity contribution is 0.0925. The maximum Gasteiger partial charge on any atom is 0.134 e. The lowest BCUT2D eigenvalue weighted by Crippen LogP contribution is -2.39. The van der Waals surface area contributed by atoms with Gasteiger partial charge in [-0.2, -0.15) is 0 Å². The van der Waals surface area contributed by atoms with Crippen molar-refractivity contribution in [1.82, 2.24) is 4.90 Å². The third-order valence-electron chi connectivity index (χ3n) is 3.97. The number of furan rings is 1. The molecule has 0 saturated carbocycles. The van der Waals surface area contributed by atoms with Crippen LogP contribution in [0.4, 0.5) is 0 Å². The van der Waals surface area contributed by atoms with Crippen molar-refractivity contribution >= 4 is 0 Å². The van der Waals surface area contributed by atoms with E-state index in [1.165, 1.54) is 5.56 Å². The quantitative estimate of drug-likeness (QED) is 0.938. The second kappa shape index (κ2) is 6.02. The first-order valence-corrected chi connectivity index (χ1v) is 7.25. The molecule has 1 N–H and O–H groups in total. The van der Waals surface area contributed by atoms with Crippen molar-refractivity contribution in [2.24, 2.45) is 0 Å². The molecule has 2 heterocycles. The van der Waals surface area contributed by atoms with E-state index in [4.69, 9.17) is 9.15 Å². The lowest BCUT2D eigenvalue weighted by atomic mass is 10.1. The number of ether oxygens (including phenoxy) is 1. The summed E-state index contributed by atoms with van der Waals surface area (Å²) in [4.78, 5) is 2.14. The molecule has 0 spiro atoms. The van der Waals surface area contributed by atoms with Crippen molar-refractivity contribution in [2.45, 2.75) is 25.6 Å². The van der Waals surface area contributed by atoms with Crippen molar-refractivity contribution in [3.05, 3.63) is 47.7 Å². The van der Waals surface area contributed by atoms with Crippen LogP contribution in [0.25, 0.3) is 11.3 Å². The highest BCUT2D eigenvalue weighted by Gasteiger charge is 2.29. The van der Waals surface area contributed by atoms with Gasteiger partial charge in [-0.3, -0.25) is 4.90 Å². The van der Waals surface area contributed by atoms with Crippen molar-refractivity contribution in [2.75, 3.05) is 20.3 Å². The zero-order valence-electron chi connectivity index (χ0n) is 12.5. The fraction of sp³-hybridized carbons (Fsp3) is 0.412. The molecule has 4 heteroatoms. The molecule has 1 aliphatic rings. The third kappa shape index (κ3) is 3.18. The molecule has 0 bridgehead atoms. The van der Waals surface area contributed by atoms with E-state index in [0.29, 0.717) is 13.2 Å². The molecule has 1 aromatic heterocycles. The Hall–Kier alpha value is -1.62. The number of rotatable bonds is 4. The van der Waals surface area contributed by atoms with E-state index in [0.717, 1.165) is 23.6 Å². The van der Waals surface area contributed by atoms with Crippen molar-refractivity contribution in [3.8, 4) is 11.3 Å². The summed E-state index contributed by atoms with van der Waals surface area (Å²) in [5, 5.41) is 9.89. The summed E-state index contributed by atoms with van der Waals surface area (Å²) in [6.07, 6.45) is -0.397. The minimum atomic E-state index is -0.397. The second-order valence-corrected chi connectivity index (χ2v) is 5.70. The minimum absolute atomic E-state index is 0.0690. The first-order chi connectivity index (χ1) is 10.1. The molecule has 3 rings (SSSR count). The maximum atomic E-state index is 9.89. The largest absolute Gasteiger partial charge is 0.461 e. The van der Waals surface area contributed by atoms with Crippen LogP contribution in [0.5, 0.6) is 0 Å². The monoisotopic (exact) mass is 287 g/mol. The Kier molecular flexibility index (Phi) is 4.10. The summed E-state index contributed by atoms with van der Waals surface area (Å²) in [6.45, 7) is 3.75. The molecule has 112 valence electrons. The van der Waals surface area contributed by atoms with Crippen LogP contribution in [0.2, 0.25) is 0 Å². The number of likely N-dealkylation sites (N-methyl/N-ethyl adjacent to an activating group) is 1. The minimum Gasteiger partial charge on any atom is -0.461 e. The summed E-state index contributed by atoms with van der Waals surface area (Å²) in [6, 6.07) is 12.4. The van der Waals surface area contributed by atoms with Gasteiger partial charge in [0.2, 0.25) is 0 Å². The van der Waals surface area contributed by atoms with Gasteiger partial charge in [-0.1, -0.05) is 18.2 Å². The molecular formula is C17H21NO3. The van der Waals surface area contributed by atoms with E-state index < -0.39 is 6.10 Å². The van der Waals surface area contributed by atoms with E-state index in [2.05, 4.69) is 23.1 Å². The van der Waals surface area contributed by atoms with E-state index >= 15 is 0 Å². The number of aryl methyl sites for hydroxylation is 1. The van der Waals surface area contributed by atoms with Crippen LogP contribution >= 0.6 is 0 Å². The van der Waals surface area contributed by atoms with Crippen LogP contribution in [-0.2, 0) is 11.3 Å². The molecule has 21 heavy (non-hydrogen) atoms. The summed E-state index contributed by atoms with van der Waals surface area (Å²) in [7, 11) is 2.02. The van der Waals surface area contributed by atoms with E-state index in [1.807, 2.05) is 32.2 Å². The van der Waals surface area contributed by atoms with Crippen LogP contribution in [0.3, 0.4) is 0 Å². The fourth-order valence-corrected chi connectivity index (χ4v) is 2.77. The van der Waals surface area contributed by atoms with Crippen LogP contribution < -0.4 is 0 Å². The average molecular weight is 287 g/mol. The summed E-state index contributed by atoms with van der Waals surface area (Å²) < 4.78 is 11.0. The van der Waals surface area contributed by atoms with E-state index in [-0.39, 0.29) is 6.04 Å². The van der Waals surface area contributed by atoms with Crippen molar-refractivity contribution in [1.29, 1.82) is 0 Å². The number of aliphatic hydroxyl groups is 1. The first-order valence-electron chi connectivity index (χ1n) is 7.25. The highest BCUT2D eigenvalue weighted by atomic mass is 16.5. The van der Waals surface area contributed by atoms with E-state index in [1.54, 1.807) is 0 Å². The van der Waals surface area contributed by atoms with Gasteiger partial charge in [0, 0.05) is 12.1 Å². The van der Waals surface area contributed by atoms with Crippen LogP contribution in [0.1, 0.15) is 11.3 Å². The van der Waals surface area contributed by atoms with Gasteiger partial charge in [0.25, 0.3) is 0 Å². The molecule has 0 aliphatic carbocycles. The standard InChI is InChI=1S/C17H21NO3/c1-12-6-7-17(21-12)14-5-3-4-13(8-14)9-18(2)15-10-20-11-16(15)19/h3-8,15-16,19H,9-11H2,1-2H3/t15-,16-/m0/s1. The Labute approximate surface area is 124 Å². The summed E-state index contributed by atoms with van der Waals surface area (Å²) >= 11 is 0. The van der Waals surface area contributed by atoms with E-state index in [9.17, 15) is 5.11 Å². The SMILES string of the molecule is Cc1ccc(-c2cccc(CN(C)[C@H]3COC[C@@H]3O)c2)o1. The van der Waals surface area contributed by atoms with Crippen LogP contribution in [0.15, 0.2) is 40.8 Å². The van der Waals surface area contributed by atoms with Gasteiger partial charge in [-0.25, -0.2) is 0 Å². The molecule has 1 aromatic carbocycles. The van der Waals surface area contributed by atoms with Gasteiger partial charge >= 0.3 is 0 Å². The molecule has 2 aromatic rings. The maximum absolute atomic E-state index is 9.89. The Balaban J connectivity index is 1.74. The highest BCUT2D eigenvalue weighted by Crippen LogP contribution is 2.24. The first kappa shape index (κ1) is 14.3. The molecule has 0 radical (unpaired) electrons. The lowest BCUT2D eigenvalue weighted by Gasteiger charge is -2.25. The summed E-state index contributed by atoms with van der Waals surface area (Å²) in [5.74, 6) is 1.81. The zero-order chi connectivity index (χ0) is 14.8. The Bertz CT molecular complexity index is 608. The third-order valence-corrected chi connectivity index (χ3v) is 3.97. The number of aliphatic hydroxyl groups excluding tert-OH is 1. The molecule has 2 atom stereocenters. The van der Waals surface area contributed by atoms with Gasteiger partial charge in [0.15, 0.2) is 0 Å². The molecule has 0 unspecified atom stereocenters. The molecule has 0 amide bonds. The van der Waals surface area contributed by atoms with Crippen LogP contribution in [-0.4, -0.2) is 42.4 Å². The van der Waals surface area contributed by atoms with Gasteiger partial charge in [0.05, 0.1) is 25.4 Å². The number of hydrogen-bond acceptors (Lipinski definition) is 4. The Morgan fingerprint density at radius 1 is 1.24 bits per heavy atom. The van der Waals surface area contributed by atoms with Crippen LogP contribution in [0, 0.1) is 6.92 Å². The molecule has 1 saturated heterocycles. The summed E-state index contributed by atoms with van der Waals surface area (Å²) in [5.41, 5.74) is 2.28.